The van der Waals surface area contributed by atoms with Gasteiger partial charge in [-0.25, -0.2) is 4.99 Å². The molecule has 0 saturated heterocycles. The summed E-state index contributed by atoms with van der Waals surface area (Å²) in [6.07, 6.45) is 0. The molecule has 24 heavy (non-hydrogen) atoms. The standard InChI is InChI=1S/C17H21BrN4OS/c1-2-19-17(22-12-15-4-3-11-24-15)21-10-9-20-16(23)13-5-7-14(18)8-6-13/h3-8,11H,2,9-10,12H2,1H3,(H,20,23)(H2,19,21,22). The smallest absolute Gasteiger partial charge is 0.251 e. The minimum atomic E-state index is -0.0789. The SMILES string of the molecule is CCNC(=NCc1cccs1)NCCNC(=O)c1ccc(Br)cc1. The van der Waals surface area contributed by atoms with Gasteiger partial charge in [0, 0.05) is 34.5 Å². The molecule has 1 amide bonds. The first kappa shape index (κ1) is 18.5. The van der Waals surface area contributed by atoms with Crippen molar-refractivity contribution >= 4 is 39.1 Å². The molecular formula is C17H21BrN4OS. The molecular weight excluding hydrogens is 388 g/mol. The monoisotopic (exact) mass is 408 g/mol. The van der Waals surface area contributed by atoms with Crippen LogP contribution in [0.3, 0.4) is 0 Å². The van der Waals surface area contributed by atoms with Gasteiger partial charge in [0.05, 0.1) is 6.54 Å². The molecule has 1 aromatic carbocycles. The first-order valence-corrected chi connectivity index (χ1v) is 9.44. The molecule has 1 heterocycles. The normalized spacial score (nSPS) is 11.2. The molecule has 0 aliphatic carbocycles. The van der Waals surface area contributed by atoms with Crippen LogP contribution in [0.4, 0.5) is 0 Å². The molecule has 3 N–H and O–H groups in total. The number of amides is 1. The number of rotatable bonds is 7. The predicted molar refractivity (Wildman–Crippen MR) is 104 cm³/mol. The van der Waals surface area contributed by atoms with Gasteiger partial charge >= 0.3 is 0 Å². The number of hydrogen-bond donors (Lipinski definition) is 3. The van der Waals surface area contributed by atoms with Crippen molar-refractivity contribution < 1.29 is 4.79 Å². The number of hydrogen-bond acceptors (Lipinski definition) is 3. The van der Waals surface area contributed by atoms with Gasteiger partial charge in [-0.05, 0) is 42.6 Å². The minimum Gasteiger partial charge on any atom is -0.357 e. The number of halogens is 1. The third-order valence-electron chi connectivity index (χ3n) is 3.13. The fourth-order valence-corrected chi connectivity index (χ4v) is 2.85. The number of aliphatic imine (C=N–C) groups is 1. The van der Waals surface area contributed by atoms with E-state index in [9.17, 15) is 4.79 Å². The maximum Gasteiger partial charge on any atom is 0.251 e. The second-order valence-electron chi connectivity index (χ2n) is 4.96. The number of benzene rings is 1. The van der Waals surface area contributed by atoms with Gasteiger partial charge in [0.15, 0.2) is 5.96 Å². The van der Waals surface area contributed by atoms with E-state index in [2.05, 4.69) is 42.9 Å². The Morgan fingerprint density at radius 2 is 1.88 bits per heavy atom. The van der Waals surface area contributed by atoms with Crippen LogP contribution in [0.1, 0.15) is 22.2 Å². The van der Waals surface area contributed by atoms with Crippen LogP contribution in [0.2, 0.25) is 0 Å². The molecule has 0 radical (unpaired) electrons. The molecule has 128 valence electrons. The quantitative estimate of drug-likeness (QED) is 0.374. The summed E-state index contributed by atoms with van der Waals surface area (Å²) in [6.45, 7) is 4.61. The first-order valence-electron chi connectivity index (χ1n) is 7.77. The summed E-state index contributed by atoms with van der Waals surface area (Å²) in [4.78, 5) is 17.8. The Labute approximate surface area is 154 Å². The molecule has 7 heteroatoms. The van der Waals surface area contributed by atoms with Gasteiger partial charge in [-0.3, -0.25) is 4.79 Å². The highest BCUT2D eigenvalue weighted by Gasteiger charge is 2.04. The third kappa shape index (κ3) is 6.33. The summed E-state index contributed by atoms with van der Waals surface area (Å²) < 4.78 is 0.956. The van der Waals surface area contributed by atoms with E-state index in [0.29, 0.717) is 25.2 Å². The molecule has 2 aromatic rings. The summed E-state index contributed by atoms with van der Waals surface area (Å²) in [5.74, 6) is 0.675. The largest absolute Gasteiger partial charge is 0.357 e. The van der Waals surface area contributed by atoms with E-state index in [0.717, 1.165) is 17.0 Å². The Hall–Kier alpha value is -1.86. The minimum absolute atomic E-state index is 0.0789. The fourth-order valence-electron chi connectivity index (χ4n) is 1.96. The summed E-state index contributed by atoms with van der Waals surface area (Å²) in [6, 6.07) is 11.4. The van der Waals surface area contributed by atoms with Crippen molar-refractivity contribution in [3.8, 4) is 0 Å². The highest BCUT2D eigenvalue weighted by molar-refractivity contribution is 9.10. The van der Waals surface area contributed by atoms with E-state index in [1.165, 1.54) is 4.88 Å². The van der Waals surface area contributed by atoms with Gasteiger partial charge in [0.2, 0.25) is 0 Å². The van der Waals surface area contributed by atoms with E-state index in [1.54, 1.807) is 23.5 Å². The molecule has 0 aliphatic heterocycles. The number of carbonyl (C=O) groups excluding carboxylic acids is 1. The Balaban J connectivity index is 1.74. The van der Waals surface area contributed by atoms with E-state index < -0.39 is 0 Å². The van der Waals surface area contributed by atoms with Gasteiger partial charge in [-0.2, -0.15) is 0 Å². The van der Waals surface area contributed by atoms with Gasteiger partial charge in [-0.15, -0.1) is 11.3 Å². The lowest BCUT2D eigenvalue weighted by molar-refractivity contribution is 0.0954. The summed E-state index contributed by atoms with van der Waals surface area (Å²) in [7, 11) is 0. The lowest BCUT2D eigenvalue weighted by Gasteiger charge is -2.11. The Bertz CT molecular complexity index is 656. The first-order chi connectivity index (χ1) is 11.7. The molecule has 0 spiro atoms. The molecule has 0 saturated carbocycles. The van der Waals surface area contributed by atoms with Gasteiger partial charge < -0.3 is 16.0 Å². The van der Waals surface area contributed by atoms with Crippen LogP contribution in [0.15, 0.2) is 51.2 Å². The second kappa shape index (κ2) is 10.1. The van der Waals surface area contributed by atoms with Crippen LogP contribution in [0.5, 0.6) is 0 Å². The van der Waals surface area contributed by atoms with Crippen molar-refractivity contribution in [1.29, 1.82) is 0 Å². The number of nitrogens with zero attached hydrogens (tertiary/aromatic N) is 1. The van der Waals surface area contributed by atoms with E-state index in [4.69, 9.17) is 0 Å². The van der Waals surface area contributed by atoms with Crippen molar-refractivity contribution in [2.45, 2.75) is 13.5 Å². The fraction of sp³-hybridized carbons (Fsp3) is 0.294. The Morgan fingerprint density at radius 3 is 2.54 bits per heavy atom. The van der Waals surface area contributed by atoms with Crippen LogP contribution < -0.4 is 16.0 Å². The van der Waals surface area contributed by atoms with Crippen molar-refractivity contribution in [2.75, 3.05) is 19.6 Å². The van der Waals surface area contributed by atoms with Crippen LogP contribution >= 0.6 is 27.3 Å². The molecule has 0 aliphatic rings. The van der Waals surface area contributed by atoms with Crippen molar-refractivity contribution in [1.82, 2.24) is 16.0 Å². The highest BCUT2D eigenvalue weighted by Crippen LogP contribution is 2.10. The highest BCUT2D eigenvalue weighted by atomic mass is 79.9. The van der Waals surface area contributed by atoms with Gasteiger partial charge in [-0.1, -0.05) is 22.0 Å². The van der Waals surface area contributed by atoms with Crippen molar-refractivity contribution in [2.24, 2.45) is 4.99 Å². The maximum absolute atomic E-state index is 12.0. The number of guanidine groups is 1. The molecule has 1 aromatic heterocycles. The van der Waals surface area contributed by atoms with Gasteiger partial charge in [0.1, 0.15) is 0 Å². The van der Waals surface area contributed by atoms with Crippen molar-refractivity contribution in [3.05, 3.63) is 56.7 Å². The van der Waals surface area contributed by atoms with E-state index in [-0.39, 0.29) is 5.91 Å². The molecule has 2 rings (SSSR count). The molecule has 0 atom stereocenters. The molecule has 0 bridgehead atoms. The maximum atomic E-state index is 12.0. The average molecular weight is 409 g/mol. The Kier molecular flexibility index (Phi) is 7.77. The van der Waals surface area contributed by atoms with Crippen LogP contribution in [-0.2, 0) is 6.54 Å². The number of thiophene rings is 1. The van der Waals surface area contributed by atoms with Gasteiger partial charge in [0.25, 0.3) is 5.91 Å². The zero-order chi connectivity index (χ0) is 17.2. The second-order valence-corrected chi connectivity index (χ2v) is 6.91. The average Bonchev–Trinajstić information content (AvgIpc) is 3.10. The summed E-state index contributed by atoms with van der Waals surface area (Å²) in [5.41, 5.74) is 0.650. The molecule has 0 fully saturated rings. The molecule has 0 unspecified atom stereocenters. The van der Waals surface area contributed by atoms with E-state index in [1.807, 2.05) is 30.5 Å². The zero-order valence-electron chi connectivity index (χ0n) is 13.5. The third-order valence-corrected chi connectivity index (χ3v) is 4.52. The molecule has 5 nitrogen and oxygen atoms in total. The van der Waals surface area contributed by atoms with Crippen LogP contribution in [-0.4, -0.2) is 31.5 Å². The Morgan fingerprint density at radius 1 is 1.12 bits per heavy atom. The van der Waals surface area contributed by atoms with Crippen LogP contribution in [0.25, 0.3) is 0 Å². The lowest BCUT2D eigenvalue weighted by atomic mass is 10.2. The zero-order valence-corrected chi connectivity index (χ0v) is 15.9. The summed E-state index contributed by atoms with van der Waals surface area (Å²) in [5, 5.41) is 11.3. The number of carbonyl (C=O) groups is 1. The predicted octanol–water partition coefficient (Wildman–Crippen LogP) is 3.00. The number of nitrogens with one attached hydrogen (secondary N) is 3. The summed E-state index contributed by atoms with van der Waals surface area (Å²) >= 11 is 5.05. The lowest BCUT2D eigenvalue weighted by Crippen LogP contribution is -2.41. The van der Waals surface area contributed by atoms with Crippen molar-refractivity contribution in [3.63, 3.8) is 0 Å². The van der Waals surface area contributed by atoms with E-state index >= 15 is 0 Å². The topological polar surface area (TPSA) is 65.5 Å². The van der Waals surface area contributed by atoms with Crippen LogP contribution in [0, 0.1) is 0 Å².